The first-order valence-corrected chi connectivity index (χ1v) is 2.35. The van der Waals surface area contributed by atoms with Crippen LogP contribution >= 0.6 is 0 Å². The van der Waals surface area contributed by atoms with Gasteiger partial charge in [-0.3, -0.25) is 4.99 Å². The second kappa shape index (κ2) is 4.33. The molecule has 0 unspecified atom stereocenters. The molecule has 0 aromatic heterocycles. The van der Waals surface area contributed by atoms with Crippen LogP contribution in [0.5, 0.6) is 0 Å². The molecular formula is C5H10N2O. The molecule has 0 radical (unpaired) electrons. The fraction of sp³-hybridized carbons (Fsp3) is 0.400. The zero-order chi connectivity index (χ0) is 6.41. The van der Waals surface area contributed by atoms with Gasteiger partial charge in [0.05, 0.1) is 12.3 Å². The summed E-state index contributed by atoms with van der Waals surface area (Å²) in [5.74, 6) is 0. The summed E-state index contributed by atoms with van der Waals surface area (Å²) in [6.45, 7) is 1.67. The van der Waals surface area contributed by atoms with E-state index in [1.54, 1.807) is 13.1 Å². The molecule has 0 saturated carbocycles. The lowest BCUT2D eigenvalue weighted by Crippen LogP contribution is -1.91. The van der Waals surface area contributed by atoms with Crippen LogP contribution in [0.15, 0.2) is 16.9 Å². The molecule has 0 rings (SSSR count). The van der Waals surface area contributed by atoms with E-state index >= 15 is 0 Å². The number of hydrogen-bond acceptors (Lipinski definition) is 3. The maximum absolute atomic E-state index is 8.40. The van der Waals surface area contributed by atoms with Crippen molar-refractivity contribution in [1.29, 1.82) is 0 Å². The number of nitrogens with zero attached hydrogens (tertiary/aromatic N) is 1. The lowest BCUT2D eigenvalue weighted by molar-refractivity contribution is 0.330. The fourth-order valence-electron chi connectivity index (χ4n) is 0.302. The highest BCUT2D eigenvalue weighted by Gasteiger charge is 1.82. The van der Waals surface area contributed by atoms with Crippen LogP contribution in [0.2, 0.25) is 0 Å². The van der Waals surface area contributed by atoms with Gasteiger partial charge in [0, 0.05) is 12.4 Å². The summed E-state index contributed by atoms with van der Waals surface area (Å²) >= 11 is 0. The smallest absolute Gasteiger partial charge is 0.0867 e. The van der Waals surface area contributed by atoms with Gasteiger partial charge >= 0.3 is 0 Å². The van der Waals surface area contributed by atoms with Gasteiger partial charge in [0.15, 0.2) is 0 Å². The molecule has 0 aliphatic heterocycles. The summed E-state index contributed by atoms with van der Waals surface area (Å²) in [4.78, 5) is 3.72. The summed E-state index contributed by atoms with van der Waals surface area (Å²) < 4.78 is 0. The average Bonchev–Trinajstić information content (AvgIpc) is 1.83. The van der Waals surface area contributed by atoms with Crippen LogP contribution in [-0.2, 0) is 0 Å². The molecule has 0 atom stereocenters. The molecule has 0 aromatic carbocycles. The minimum Gasteiger partial charge on any atom is -0.403 e. The normalized spacial score (nSPS) is 13.0. The zero-order valence-electron chi connectivity index (χ0n) is 4.83. The second-order valence-electron chi connectivity index (χ2n) is 1.20. The molecule has 0 aromatic rings. The number of aliphatic hydroxyl groups excluding tert-OH is 1. The summed E-state index contributed by atoms with van der Waals surface area (Å²) in [5.41, 5.74) is 5.53. The molecule has 0 bridgehead atoms. The quantitative estimate of drug-likeness (QED) is 0.491. The van der Waals surface area contributed by atoms with E-state index in [0.717, 1.165) is 0 Å². The first kappa shape index (κ1) is 7.17. The Morgan fingerprint density at radius 1 is 1.88 bits per heavy atom. The molecule has 0 aliphatic rings. The van der Waals surface area contributed by atoms with Crippen molar-refractivity contribution in [2.75, 3.05) is 6.61 Å². The summed E-state index contributed by atoms with van der Waals surface area (Å²) in [5, 5.41) is 8.40. The van der Waals surface area contributed by atoms with E-state index in [0.29, 0.717) is 5.70 Å². The van der Waals surface area contributed by atoms with Gasteiger partial charge < -0.3 is 10.8 Å². The Morgan fingerprint density at radius 3 is 2.62 bits per heavy atom. The summed E-state index contributed by atoms with van der Waals surface area (Å²) in [6, 6.07) is 0. The van der Waals surface area contributed by atoms with Crippen LogP contribution < -0.4 is 5.73 Å². The van der Waals surface area contributed by atoms with Crippen molar-refractivity contribution < 1.29 is 5.11 Å². The van der Waals surface area contributed by atoms with Gasteiger partial charge in [0.1, 0.15) is 0 Å². The van der Waals surface area contributed by atoms with Gasteiger partial charge in [-0.2, -0.15) is 0 Å². The third-order valence-corrected chi connectivity index (χ3v) is 0.649. The standard InChI is InChI=1S/C5H10N2O/c1-2-7-5(3-6)4-8/h2-3,8H,4,6H2,1H3/b5-3-,7-2?. The highest BCUT2D eigenvalue weighted by molar-refractivity contribution is 5.55. The monoisotopic (exact) mass is 114 g/mol. The molecule has 0 fully saturated rings. The Balaban J connectivity index is 3.72. The van der Waals surface area contributed by atoms with Crippen molar-refractivity contribution in [2.45, 2.75) is 6.92 Å². The highest BCUT2D eigenvalue weighted by Crippen LogP contribution is 1.87. The van der Waals surface area contributed by atoms with E-state index in [1.165, 1.54) is 6.20 Å². The Hall–Kier alpha value is -0.830. The maximum atomic E-state index is 8.40. The van der Waals surface area contributed by atoms with Gasteiger partial charge in [0.2, 0.25) is 0 Å². The lowest BCUT2D eigenvalue weighted by atomic mass is 10.5. The number of rotatable bonds is 2. The Morgan fingerprint density at radius 2 is 2.50 bits per heavy atom. The van der Waals surface area contributed by atoms with E-state index < -0.39 is 0 Å². The summed E-state index contributed by atoms with van der Waals surface area (Å²) in [6.07, 6.45) is 2.86. The molecule has 3 N–H and O–H groups in total. The van der Waals surface area contributed by atoms with Crippen molar-refractivity contribution in [3.8, 4) is 0 Å². The molecule has 0 amide bonds. The molecule has 46 valence electrons. The highest BCUT2D eigenvalue weighted by atomic mass is 16.3. The minimum atomic E-state index is -0.0964. The molecule has 3 heteroatoms. The predicted octanol–water partition coefficient (Wildman–Crippen LogP) is -0.130. The maximum Gasteiger partial charge on any atom is 0.0867 e. The van der Waals surface area contributed by atoms with Crippen molar-refractivity contribution >= 4 is 6.21 Å². The van der Waals surface area contributed by atoms with Gasteiger partial charge in [-0.1, -0.05) is 0 Å². The van der Waals surface area contributed by atoms with Gasteiger partial charge in [0.25, 0.3) is 0 Å². The second-order valence-corrected chi connectivity index (χ2v) is 1.20. The molecule has 8 heavy (non-hydrogen) atoms. The number of aliphatic hydroxyl groups is 1. The van der Waals surface area contributed by atoms with E-state index in [9.17, 15) is 0 Å². The molecule has 0 aliphatic carbocycles. The molecule has 0 spiro atoms. The van der Waals surface area contributed by atoms with E-state index in [-0.39, 0.29) is 6.61 Å². The minimum absolute atomic E-state index is 0.0964. The number of hydrogen-bond donors (Lipinski definition) is 2. The van der Waals surface area contributed by atoms with Crippen LogP contribution in [0.3, 0.4) is 0 Å². The van der Waals surface area contributed by atoms with Crippen molar-refractivity contribution in [2.24, 2.45) is 10.7 Å². The van der Waals surface area contributed by atoms with E-state index in [1.807, 2.05) is 0 Å². The van der Waals surface area contributed by atoms with Crippen LogP contribution in [0.4, 0.5) is 0 Å². The Labute approximate surface area is 48.5 Å². The van der Waals surface area contributed by atoms with Crippen molar-refractivity contribution in [1.82, 2.24) is 0 Å². The molecule has 0 saturated heterocycles. The van der Waals surface area contributed by atoms with Crippen molar-refractivity contribution in [3.63, 3.8) is 0 Å². The van der Waals surface area contributed by atoms with Crippen LogP contribution in [0.25, 0.3) is 0 Å². The van der Waals surface area contributed by atoms with Gasteiger partial charge in [-0.15, -0.1) is 0 Å². The first-order chi connectivity index (χ1) is 3.85. The van der Waals surface area contributed by atoms with Gasteiger partial charge in [-0.05, 0) is 6.92 Å². The lowest BCUT2D eigenvalue weighted by Gasteiger charge is -1.89. The largest absolute Gasteiger partial charge is 0.403 e. The number of aliphatic imine (C=N–C) groups is 1. The average molecular weight is 114 g/mol. The molecule has 0 heterocycles. The Bertz CT molecular complexity index is 104. The third-order valence-electron chi connectivity index (χ3n) is 0.649. The molecule has 3 nitrogen and oxygen atoms in total. The van der Waals surface area contributed by atoms with E-state index in [4.69, 9.17) is 10.8 Å². The van der Waals surface area contributed by atoms with Crippen LogP contribution in [0, 0.1) is 0 Å². The predicted molar refractivity (Wildman–Crippen MR) is 33.5 cm³/mol. The topological polar surface area (TPSA) is 58.6 Å². The van der Waals surface area contributed by atoms with E-state index in [2.05, 4.69) is 4.99 Å². The number of nitrogens with two attached hydrogens (primary N) is 1. The SMILES string of the molecule is CC=N/C(=C\N)CO. The molecular weight excluding hydrogens is 104 g/mol. The first-order valence-electron chi connectivity index (χ1n) is 2.35. The fourth-order valence-corrected chi connectivity index (χ4v) is 0.302. The van der Waals surface area contributed by atoms with Crippen LogP contribution in [0.1, 0.15) is 6.92 Å². The zero-order valence-corrected chi connectivity index (χ0v) is 4.83. The van der Waals surface area contributed by atoms with Gasteiger partial charge in [-0.25, -0.2) is 0 Å². The van der Waals surface area contributed by atoms with Crippen molar-refractivity contribution in [3.05, 3.63) is 11.9 Å². The van der Waals surface area contributed by atoms with Crippen LogP contribution in [-0.4, -0.2) is 17.9 Å². The Kier molecular flexibility index (Phi) is 3.88. The summed E-state index contributed by atoms with van der Waals surface area (Å²) in [7, 11) is 0. The third kappa shape index (κ3) is 2.36.